The number of rotatable bonds is 6. The van der Waals surface area contributed by atoms with Gasteiger partial charge in [0.05, 0.1) is 0 Å². The number of carbonyl (C=O) groups excluding carboxylic acids is 2. The SMILES string of the molecule is CC(NC(=O)C(C)(C)C)C(=O)NCC(c1ccccc1)c1c[nH]c2ccccc12. The van der Waals surface area contributed by atoms with E-state index in [0.717, 1.165) is 22.0 Å². The van der Waals surface area contributed by atoms with Gasteiger partial charge in [0.2, 0.25) is 11.8 Å². The monoisotopic (exact) mass is 391 g/mol. The van der Waals surface area contributed by atoms with Gasteiger partial charge in [-0.25, -0.2) is 0 Å². The molecule has 0 saturated heterocycles. The molecule has 0 aliphatic heterocycles. The van der Waals surface area contributed by atoms with Crippen LogP contribution >= 0.6 is 0 Å². The number of fused-ring (bicyclic) bond motifs is 1. The average Bonchev–Trinajstić information content (AvgIpc) is 3.12. The van der Waals surface area contributed by atoms with Gasteiger partial charge in [-0.3, -0.25) is 9.59 Å². The molecule has 5 heteroatoms. The number of hydrogen-bond acceptors (Lipinski definition) is 2. The van der Waals surface area contributed by atoms with Crippen LogP contribution in [0.4, 0.5) is 0 Å². The smallest absolute Gasteiger partial charge is 0.242 e. The highest BCUT2D eigenvalue weighted by Crippen LogP contribution is 2.30. The van der Waals surface area contributed by atoms with Gasteiger partial charge >= 0.3 is 0 Å². The topological polar surface area (TPSA) is 74.0 Å². The summed E-state index contributed by atoms with van der Waals surface area (Å²) in [7, 11) is 0. The molecule has 2 atom stereocenters. The number of nitrogens with one attached hydrogen (secondary N) is 3. The van der Waals surface area contributed by atoms with Crippen LogP contribution in [-0.2, 0) is 9.59 Å². The summed E-state index contributed by atoms with van der Waals surface area (Å²) < 4.78 is 0. The van der Waals surface area contributed by atoms with Crippen molar-refractivity contribution in [3.05, 3.63) is 71.9 Å². The molecule has 1 heterocycles. The van der Waals surface area contributed by atoms with Crippen LogP contribution in [0.3, 0.4) is 0 Å². The lowest BCUT2D eigenvalue weighted by molar-refractivity contribution is -0.133. The van der Waals surface area contributed by atoms with E-state index in [1.807, 2.05) is 63.4 Å². The van der Waals surface area contributed by atoms with Gasteiger partial charge in [-0.05, 0) is 24.1 Å². The van der Waals surface area contributed by atoms with Gasteiger partial charge in [-0.15, -0.1) is 0 Å². The zero-order chi connectivity index (χ0) is 21.0. The Morgan fingerprint density at radius 1 is 1.00 bits per heavy atom. The Bertz CT molecular complexity index is 986. The summed E-state index contributed by atoms with van der Waals surface area (Å²) in [6.45, 7) is 7.64. The van der Waals surface area contributed by atoms with Crippen molar-refractivity contribution in [3.8, 4) is 0 Å². The molecule has 2 unspecified atom stereocenters. The molecule has 0 aliphatic rings. The van der Waals surface area contributed by atoms with Crippen molar-refractivity contribution >= 4 is 22.7 Å². The minimum absolute atomic E-state index is 0.00168. The number of para-hydroxylation sites is 1. The normalized spacial score (nSPS) is 13.7. The third kappa shape index (κ3) is 4.86. The second-order valence-electron chi connectivity index (χ2n) is 8.44. The van der Waals surface area contributed by atoms with Gasteiger partial charge in [0.1, 0.15) is 6.04 Å². The molecule has 2 amide bonds. The molecule has 5 nitrogen and oxygen atoms in total. The number of benzene rings is 2. The van der Waals surface area contributed by atoms with E-state index in [0.29, 0.717) is 6.54 Å². The van der Waals surface area contributed by atoms with Gasteiger partial charge in [0, 0.05) is 35.0 Å². The fraction of sp³-hybridized carbons (Fsp3) is 0.333. The zero-order valence-electron chi connectivity index (χ0n) is 17.5. The third-order valence-corrected chi connectivity index (χ3v) is 5.10. The lowest BCUT2D eigenvalue weighted by atomic mass is 9.91. The van der Waals surface area contributed by atoms with Gasteiger partial charge in [-0.1, -0.05) is 69.3 Å². The number of carbonyl (C=O) groups is 2. The molecule has 3 aromatic rings. The Kier molecular flexibility index (Phi) is 6.06. The van der Waals surface area contributed by atoms with E-state index in [9.17, 15) is 9.59 Å². The van der Waals surface area contributed by atoms with Gasteiger partial charge in [0.25, 0.3) is 0 Å². The molecule has 0 fully saturated rings. The first kappa shape index (κ1) is 20.6. The Labute approximate surface area is 171 Å². The maximum atomic E-state index is 12.6. The lowest BCUT2D eigenvalue weighted by Crippen LogP contribution is -2.48. The minimum atomic E-state index is -0.596. The van der Waals surface area contributed by atoms with E-state index < -0.39 is 11.5 Å². The van der Waals surface area contributed by atoms with Crippen LogP contribution in [-0.4, -0.2) is 29.4 Å². The Morgan fingerprint density at radius 2 is 1.66 bits per heavy atom. The van der Waals surface area contributed by atoms with Crippen molar-refractivity contribution in [1.29, 1.82) is 0 Å². The van der Waals surface area contributed by atoms with E-state index in [-0.39, 0.29) is 17.7 Å². The van der Waals surface area contributed by atoms with Crippen molar-refractivity contribution in [2.45, 2.75) is 39.7 Å². The van der Waals surface area contributed by atoms with E-state index in [2.05, 4.69) is 33.8 Å². The maximum absolute atomic E-state index is 12.6. The van der Waals surface area contributed by atoms with Crippen molar-refractivity contribution in [3.63, 3.8) is 0 Å². The van der Waals surface area contributed by atoms with E-state index in [1.165, 1.54) is 0 Å². The molecular weight excluding hydrogens is 362 g/mol. The first-order valence-corrected chi connectivity index (χ1v) is 9.97. The molecule has 0 bridgehead atoms. The summed E-state index contributed by atoms with van der Waals surface area (Å²) in [4.78, 5) is 28.1. The summed E-state index contributed by atoms with van der Waals surface area (Å²) in [6.07, 6.45) is 2.01. The number of hydrogen-bond donors (Lipinski definition) is 3. The Morgan fingerprint density at radius 3 is 2.34 bits per heavy atom. The molecule has 0 saturated carbocycles. The van der Waals surface area contributed by atoms with Crippen LogP contribution in [0.15, 0.2) is 60.8 Å². The molecule has 1 aromatic heterocycles. The minimum Gasteiger partial charge on any atom is -0.361 e. The highest BCUT2D eigenvalue weighted by molar-refractivity contribution is 5.89. The summed E-state index contributed by atoms with van der Waals surface area (Å²) >= 11 is 0. The standard InChI is InChI=1S/C24H29N3O2/c1-16(27-23(29)24(2,3)4)22(28)26-14-19(17-10-6-5-7-11-17)20-15-25-21-13-9-8-12-18(20)21/h5-13,15-16,19,25H,14H2,1-4H3,(H,26,28)(H,27,29). The molecule has 3 rings (SSSR count). The fourth-order valence-electron chi connectivity index (χ4n) is 3.31. The number of aromatic amines is 1. The number of H-pyrrole nitrogens is 1. The van der Waals surface area contributed by atoms with Crippen LogP contribution in [0, 0.1) is 5.41 Å². The van der Waals surface area contributed by atoms with Crippen LogP contribution in [0.1, 0.15) is 44.7 Å². The molecular formula is C24H29N3O2. The van der Waals surface area contributed by atoms with E-state index in [4.69, 9.17) is 0 Å². The van der Waals surface area contributed by atoms with Crippen molar-refractivity contribution in [2.24, 2.45) is 5.41 Å². The maximum Gasteiger partial charge on any atom is 0.242 e. The molecule has 3 N–H and O–H groups in total. The van der Waals surface area contributed by atoms with Gasteiger partial charge in [0.15, 0.2) is 0 Å². The molecule has 0 spiro atoms. The molecule has 2 aromatic carbocycles. The first-order chi connectivity index (χ1) is 13.8. The van der Waals surface area contributed by atoms with Crippen molar-refractivity contribution in [1.82, 2.24) is 15.6 Å². The summed E-state index contributed by atoms with van der Waals surface area (Å²) in [6, 6.07) is 17.7. The highest BCUT2D eigenvalue weighted by atomic mass is 16.2. The summed E-state index contributed by atoms with van der Waals surface area (Å²) in [5, 5.41) is 6.96. The predicted molar refractivity (Wildman–Crippen MR) is 117 cm³/mol. The summed E-state index contributed by atoms with van der Waals surface area (Å²) in [5.41, 5.74) is 2.80. The van der Waals surface area contributed by atoms with E-state index in [1.54, 1.807) is 6.92 Å². The second kappa shape index (κ2) is 8.52. The second-order valence-corrected chi connectivity index (χ2v) is 8.44. The third-order valence-electron chi connectivity index (χ3n) is 5.10. The molecule has 0 radical (unpaired) electrons. The van der Waals surface area contributed by atoms with Crippen LogP contribution < -0.4 is 10.6 Å². The molecule has 29 heavy (non-hydrogen) atoms. The predicted octanol–water partition coefficient (Wildman–Crippen LogP) is 3.97. The lowest BCUT2D eigenvalue weighted by Gasteiger charge is -2.23. The van der Waals surface area contributed by atoms with E-state index >= 15 is 0 Å². The zero-order valence-corrected chi connectivity index (χ0v) is 17.5. The Hall–Kier alpha value is -3.08. The van der Waals surface area contributed by atoms with Gasteiger partial charge in [-0.2, -0.15) is 0 Å². The quantitative estimate of drug-likeness (QED) is 0.595. The van der Waals surface area contributed by atoms with Crippen LogP contribution in [0.2, 0.25) is 0 Å². The molecule has 0 aliphatic carbocycles. The molecule has 152 valence electrons. The van der Waals surface area contributed by atoms with Crippen molar-refractivity contribution in [2.75, 3.05) is 6.54 Å². The first-order valence-electron chi connectivity index (χ1n) is 9.97. The van der Waals surface area contributed by atoms with Gasteiger partial charge < -0.3 is 15.6 Å². The average molecular weight is 392 g/mol. The summed E-state index contributed by atoms with van der Waals surface area (Å²) in [5.74, 6) is -0.332. The van der Waals surface area contributed by atoms with Crippen molar-refractivity contribution < 1.29 is 9.59 Å². The highest BCUT2D eigenvalue weighted by Gasteiger charge is 2.26. The fourth-order valence-corrected chi connectivity index (χ4v) is 3.31. The number of amides is 2. The Balaban J connectivity index is 1.78. The number of aromatic nitrogens is 1. The van der Waals surface area contributed by atoms with Crippen LogP contribution in [0.25, 0.3) is 10.9 Å². The largest absolute Gasteiger partial charge is 0.361 e. The van der Waals surface area contributed by atoms with Crippen LogP contribution in [0.5, 0.6) is 0 Å².